The van der Waals surface area contributed by atoms with Gasteiger partial charge in [0.25, 0.3) is 5.91 Å². The van der Waals surface area contributed by atoms with Gasteiger partial charge in [-0.3, -0.25) is 4.79 Å². The first-order valence-electron chi connectivity index (χ1n) is 11.9. The molecule has 4 rings (SSSR count). The molecular weight excluding hydrogens is 452 g/mol. The molecule has 1 aromatic heterocycles. The van der Waals surface area contributed by atoms with Crippen LogP contribution in [0.15, 0.2) is 47.5 Å². The van der Waals surface area contributed by atoms with Crippen LogP contribution in [-0.4, -0.2) is 62.0 Å². The Hall–Kier alpha value is -2.49. The number of sulfonamides is 1. The molecule has 8 nitrogen and oxygen atoms in total. The van der Waals surface area contributed by atoms with E-state index in [2.05, 4.69) is 29.0 Å². The summed E-state index contributed by atoms with van der Waals surface area (Å²) in [6, 6.07) is 9.95. The van der Waals surface area contributed by atoms with E-state index in [4.69, 9.17) is 4.74 Å². The highest BCUT2D eigenvalue weighted by molar-refractivity contribution is 7.89. The van der Waals surface area contributed by atoms with Crippen molar-refractivity contribution in [3.05, 3.63) is 48.2 Å². The molecule has 2 saturated heterocycles. The fraction of sp³-hybridized carbons (Fsp3) is 0.520. The number of anilines is 2. The number of carbonyl (C=O) groups is 1. The Morgan fingerprint density at radius 1 is 0.941 bits per heavy atom. The molecule has 0 aliphatic carbocycles. The third-order valence-corrected chi connectivity index (χ3v) is 8.18. The van der Waals surface area contributed by atoms with E-state index in [1.807, 2.05) is 19.9 Å². The van der Waals surface area contributed by atoms with Gasteiger partial charge in [-0.25, -0.2) is 13.4 Å². The Labute approximate surface area is 202 Å². The molecule has 3 heterocycles. The Morgan fingerprint density at radius 3 is 2.12 bits per heavy atom. The van der Waals surface area contributed by atoms with Crippen molar-refractivity contribution in [1.29, 1.82) is 0 Å². The monoisotopic (exact) mass is 486 g/mol. The summed E-state index contributed by atoms with van der Waals surface area (Å²) < 4.78 is 33.4. The molecule has 2 aromatic rings. The Kier molecular flexibility index (Phi) is 7.25. The zero-order valence-electron chi connectivity index (χ0n) is 20.3. The van der Waals surface area contributed by atoms with Crippen molar-refractivity contribution in [2.24, 2.45) is 11.8 Å². The maximum Gasteiger partial charge on any atom is 0.257 e. The first-order valence-corrected chi connectivity index (χ1v) is 13.3. The smallest absolute Gasteiger partial charge is 0.257 e. The average Bonchev–Trinajstić information content (AvgIpc) is 2.78. The number of nitrogens with zero attached hydrogens (tertiary/aromatic N) is 3. The standard InChI is InChI=1S/C25H34N4O4S/c1-17-11-18(2)14-29(13-17)34(31,32)23-8-6-22(7-9-23)27-25(30)21-5-10-24(26-12-21)28-15-19(3)33-20(4)16-28/h5-10,12,17-20H,11,13-16H2,1-4H3,(H,27,30)/t17-,18+,19-,20+. The number of morpholine rings is 1. The van der Waals surface area contributed by atoms with Gasteiger partial charge < -0.3 is 15.0 Å². The van der Waals surface area contributed by atoms with Gasteiger partial charge in [0, 0.05) is 38.1 Å². The van der Waals surface area contributed by atoms with Gasteiger partial charge in [0.2, 0.25) is 10.0 Å². The summed E-state index contributed by atoms with van der Waals surface area (Å²) in [6.45, 7) is 10.8. The van der Waals surface area contributed by atoms with E-state index in [0.29, 0.717) is 36.2 Å². The predicted octanol–water partition coefficient (Wildman–Crippen LogP) is 3.61. The summed E-state index contributed by atoms with van der Waals surface area (Å²) in [4.78, 5) is 19.6. The zero-order valence-corrected chi connectivity index (χ0v) is 21.1. The molecule has 184 valence electrons. The average molecular weight is 487 g/mol. The fourth-order valence-corrected chi connectivity index (χ4v) is 6.62. The van der Waals surface area contributed by atoms with Crippen molar-refractivity contribution in [3.63, 3.8) is 0 Å². The van der Waals surface area contributed by atoms with E-state index in [1.165, 1.54) is 0 Å². The second-order valence-corrected chi connectivity index (χ2v) is 11.8. The molecule has 0 bridgehead atoms. The zero-order chi connectivity index (χ0) is 24.5. The summed E-state index contributed by atoms with van der Waals surface area (Å²) in [6.07, 6.45) is 2.86. The molecule has 0 radical (unpaired) electrons. The third-order valence-electron chi connectivity index (χ3n) is 6.34. The molecule has 1 aromatic carbocycles. The minimum Gasteiger partial charge on any atom is -0.372 e. The largest absolute Gasteiger partial charge is 0.372 e. The molecule has 1 amide bonds. The minimum atomic E-state index is -3.55. The van der Waals surface area contributed by atoms with Crippen molar-refractivity contribution >= 4 is 27.4 Å². The number of aromatic nitrogens is 1. The van der Waals surface area contributed by atoms with Crippen LogP contribution in [0.25, 0.3) is 0 Å². The molecular formula is C25H34N4O4S. The number of hydrogen-bond donors (Lipinski definition) is 1. The number of carbonyl (C=O) groups excluding carboxylic acids is 1. The molecule has 34 heavy (non-hydrogen) atoms. The second kappa shape index (κ2) is 10.0. The van der Waals surface area contributed by atoms with Crippen LogP contribution in [0.4, 0.5) is 11.5 Å². The van der Waals surface area contributed by atoms with Crippen LogP contribution in [0.5, 0.6) is 0 Å². The van der Waals surface area contributed by atoms with Crippen LogP contribution >= 0.6 is 0 Å². The van der Waals surface area contributed by atoms with Crippen molar-refractivity contribution in [2.75, 3.05) is 36.4 Å². The SMILES string of the molecule is C[C@@H]1C[C@H](C)CN(S(=O)(=O)c2ccc(NC(=O)c3ccc(N4C[C@@H](C)O[C@@H](C)C4)nc3)cc2)C1. The third kappa shape index (κ3) is 5.59. The lowest BCUT2D eigenvalue weighted by molar-refractivity contribution is -0.00546. The number of benzene rings is 1. The highest BCUT2D eigenvalue weighted by Crippen LogP contribution is 2.27. The van der Waals surface area contributed by atoms with Crippen LogP contribution in [0.3, 0.4) is 0 Å². The van der Waals surface area contributed by atoms with E-state index in [9.17, 15) is 13.2 Å². The fourth-order valence-electron chi connectivity index (χ4n) is 4.94. The number of nitrogens with one attached hydrogen (secondary N) is 1. The second-order valence-electron chi connectivity index (χ2n) is 9.81. The summed E-state index contributed by atoms with van der Waals surface area (Å²) in [5, 5.41) is 2.82. The van der Waals surface area contributed by atoms with Gasteiger partial charge in [-0.1, -0.05) is 13.8 Å². The van der Waals surface area contributed by atoms with E-state index < -0.39 is 10.0 Å². The number of rotatable bonds is 5. The van der Waals surface area contributed by atoms with Gasteiger partial charge in [-0.2, -0.15) is 4.31 Å². The molecule has 0 unspecified atom stereocenters. The van der Waals surface area contributed by atoms with Crippen molar-refractivity contribution < 1.29 is 17.9 Å². The van der Waals surface area contributed by atoms with Gasteiger partial charge in [-0.15, -0.1) is 0 Å². The molecule has 2 aliphatic heterocycles. The van der Waals surface area contributed by atoms with E-state index in [0.717, 1.165) is 25.3 Å². The Bertz CT molecular complexity index is 1080. The van der Waals surface area contributed by atoms with Crippen LogP contribution in [-0.2, 0) is 14.8 Å². The molecule has 2 fully saturated rings. The Balaban J connectivity index is 1.40. The van der Waals surface area contributed by atoms with Gasteiger partial charge in [0.05, 0.1) is 22.7 Å². The number of amides is 1. The van der Waals surface area contributed by atoms with E-state index >= 15 is 0 Å². The summed E-state index contributed by atoms with van der Waals surface area (Å²) in [5.74, 6) is 1.20. The lowest BCUT2D eigenvalue weighted by Crippen LogP contribution is -2.45. The maximum atomic E-state index is 13.1. The summed E-state index contributed by atoms with van der Waals surface area (Å²) in [7, 11) is -3.55. The normalized spacial score (nSPS) is 26.3. The lowest BCUT2D eigenvalue weighted by Gasteiger charge is -2.36. The number of hydrogen-bond acceptors (Lipinski definition) is 6. The maximum absolute atomic E-state index is 13.1. The predicted molar refractivity (Wildman–Crippen MR) is 133 cm³/mol. The molecule has 0 saturated carbocycles. The summed E-state index contributed by atoms with van der Waals surface area (Å²) >= 11 is 0. The Morgan fingerprint density at radius 2 is 1.56 bits per heavy atom. The number of piperidine rings is 1. The highest BCUT2D eigenvalue weighted by atomic mass is 32.2. The molecule has 4 atom stereocenters. The number of pyridine rings is 1. The van der Waals surface area contributed by atoms with E-state index in [1.54, 1.807) is 40.8 Å². The summed E-state index contributed by atoms with van der Waals surface area (Å²) in [5.41, 5.74) is 0.968. The van der Waals surface area contributed by atoms with Crippen molar-refractivity contribution in [3.8, 4) is 0 Å². The minimum absolute atomic E-state index is 0.127. The van der Waals surface area contributed by atoms with Gasteiger partial charge >= 0.3 is 0 Å². The van der Waals surface area contributed by atoms with Crippen LogP contribution in [0.1, 0.15) is 44.5 Å². The molecule has 2 aliphatic rings. The van der Waals surface area contributed by atoms with Crippen LogP contribution in [0.2, 0.25) is 0 Å². The van der Waals surface area contributed by atoms with Gasteiger partial charge in [0.1, 0.15) is 5.82 Å². The van der Waals surface area contributed by atoms with Crippen molar-refractivity contribution in [1.82, 2.24) is 9.29 Å². The van der Waals surface area contributed by atoms with E-state index in [-0.39, 0.29) is 23.0 Å². The molecule has 0 spiro atoms. The van der Waals surface area contributed by atoms with Crippen LogP contribution in [0, 0.1) is 11.8 Å². The quantitative estimate of drug-likeness (QED) is 0.694. The van der Waals surface area contributed by atoms with Gasteiger partial charge in [0.15, 0.2) is 0 Å². The molecule has 9 heteroatoms. The van der Waals surface area contributed by atoms with Gasteiger partial charge in [-0.05, 0) is 68.5 Å². The topological polar surface area (TPSA) is 91.8 Å². The molecule has 1 N–H and O–H groups in total. The van der Waals surface area contributed by atoms with Crippen LogP contribution < -0.4 is 10.2 Å². The first-order chi connectivity index (χ1) is 16.1. The number of ether oxygens (including phenoxy) is 1. The lowest BCUT2D eigenvalue weighted by atomic mass is 9.94. The highest BCUT2D eigenvalue weighted by Gasteiger charge is 2.31. The first kappa shape index (κ1) is 24.6. The van der Waals surface area contributed by atoms with Crippen molar-refractivity contribution in [2.45, 2.75) is 51.2 Å².